The molecule has 0 bridgehead atoms. The summed E-state index contributed by atoms with van der Waals surface area (Å²) in [6, 6.07) is 14.3. The molecule has 0 saturated heterocycles. The zero-order chi connectivity index (χ0) is 16.4. The van der Waals surface area contributed by atoms with Crippen LogP contribution < -0.4 is 4.90 Å². The molecule has 1 aromatic heterocycles. The van der Waals surface area contributed by atoms with E-state index in [4.69, 9.17) is 0 Å². The van der Waals surface area contributed by atoms with Gasteiger partial charge in [0.05, 0.1) is 11.2 Å². The molecule has 3 aromatic rings. The fourth-order valence-corrected chi connectivity index (χ4v) is 2.61. The van der Waals surface area contributed by atoms with Crippen LogP contribution in [0.15, 0.2) is 42.5 Å². The fraction of sp³-hybridized carbons (Fsp3) is 0.167. The molecule has 2 aromatic carbocycles. The van der Waals surface area contributed by atoms with Gasteiger partial charge in [-0.2, -0.15) is 5.26 Å². The number of hydrogen-bond donors (Lipinski definition) is 0. The van der Waals surface area contributed by atoms with Crippen molar-refractivity contribution in [3.05, 3.63) is 65.1 Å². The molecule has 0 amide bonds. The number of rotatable bonds is 3. The third-order valence-corrected chi connectivity index (χ3v) is 3.71. The first-order chi connectivity index (χ1) is 11.1. The molecule has 5 heteroatoms. The van der Waals surface area contributed by atoms with Gasteiger partial charge in [-0.1, -0.05) is 23.8 Å². The summed E-state index contributed by atoms with van der Waals surface area (Å²) in [5.74, 6) is -0.263. The standard InChI is InChI=1S/C18H15FN4/c1-12-3-8-16-15(9-12)18(17(10-20)22-21-16)23(2)11-13-4-6-14(19)7-5-13/h3-9H,11H2,1-2H3. The second-order valence-electron chi connectivity index (χ2n) is 5.51. The van der Waals surface area contributed by atoms with Crippen molar-refractivity contribution in [3.63, 3.8) is 0 Å². The predicted molar refractivity (Wildman–Crippen MR) is 87.5 cm³/mol. The molecule has 0 aliphatic carbocycles. The lowest BCUT2D eigenvalue weighted by Gasteiger charge is -2.21. The normalized spacial score (nSPS) is 10.5. The zero-order valence-electron chi connectivity index (χ0n) is 12.9. The monoisotopic (exact) mass is 306 g/mol. The smallest absolute Gasteiger partial charge is 0.187 e. The van der Waals surface area contributed by atoms with E-state index in [1.165, 1.54) is 12.1 Å². The van der Waals surface area contributed by atoms with Gasteiger partial charge in [-0.15, -0.1) is 10.2 Å². The Kier molecular flexibility index (Phi) is 3.90. The maximum Gasteiger partial charge on any atom is 0.187 e. The number of benzene rings is 2. The lowest BCUT2D eigenvalue weighted by atomic mass is 10.1. The lowest BCUT2D eigenvalue weighted by molar-refractivity contribution is 0.627. The van der Waals surface area contributed by atoms with Crippen LogP contribution in [0.4, 0.5) is 10.1 Å². The Labute approximate surface area is 133 Å². The Hall–Kier alpha value is -3.00. The van der Waals surface area contributed by atoms with Gasteiger partial charge in [0.25, 0.3) is 0 Å². The molecule has 0 saturated carbocycles. The van der Waals surface area contributed by atoms with E-state index < -0.39 is 0 Å². The maximum atomic E-state index is 13.0. The molecular formula is C18H15FN4. The number of fused-ring (bicyclic) bond motifs is 1. The van der Waals surface area contributed by atoms with Crippen LogP contribution in [0.3, 0.4) is 0 Å². The first-order valence-electron chi connectivity index (χ1n) is 7.21. The first kappa shape index (κ1) is 14.9. The summed E-state index contributed by atoms with van der Waals surface area (Å²) in [6.45, 7) is 2.54. The molecule has 0 aliphatic rings. The molecule has 0 radical (unpaired) electrons. The van der Waals surface area contributed by atoms with Gasteiger partial charge < -0.3 is 4.90 Å². The van der Waals surface area contributed by atoms with Crippen LogP contribution in [0, 0.1) is 24.1 Å². The van der Waals surface area contributed by atoms with Crippen molar-refractivity contribution >= 4 is 16.6 Å². The molecule has 0 fully saturated rings. The van der Waals surface area contributed by atoms with E-state index in [0.29, 0.717) is 6.54 Å². The van der Waals surface area contributed by atoms with Crippen molar-refractivity contribution in [2.75, 3.05) is 11.9 Å². The first-order valence-corrected chi connectivity index (χ1v) is 7.21. The molecule has 0 unspecified atom stereocenters. The second kappa shape index (κ2) is 6.01. The average molecular weight is 306 g/mol. The van der Waals surface area contributed by atoms with E-state index in [2.05, 4.69) is 16.3 Å². The predicted octanol–water partition coefficient (Wildman–Crippen LogP) is 3.59. The van der Waals surface area contributed by atoms with Crippen molar-refractivity contribution in [1.29, 1.82) is 5.26 Å². The molecule has 0 atom stereocenters. The van der Waals surface area contributed by atoms with Gasteiger partial charge in [0.1, 0.15) is 11.9 Å². The highest BCUT2D eigenvalue weighted by molar-refractivity contribution is 5.93. The van der Waals surface area contributed by atoms with Gasteiger partial charge >= 0.3 is 0 Å². The molecule has 0 aliphatic heterocycles. The summed E-state index contributed by atoms with van der Waals surface area (Å²) in [5.41, 5.74) is 3.81. The van der Waals surface area contributed by atoms with E-state index in [1.807, 2.05) is 37.1 Å². The van der Waals surface area contributed by atoms with Crippen molar-refractivity contribution in [2.45, 2.75) is 13.5 Å². The van der Waals surface area contributed by atoms with E-state index in [0.717, 1.165) is 27.7 Å². The third-order valence-electron chi connectivity index (χ3n) is 3.71. The molecule has 0 spiro atoms. The number of aryl methyl sites for hydroxylation is 1. The van der Waals surface area contributed by atoms with Gasteiger partial charge in [0, 0.05) is 19.0 Å². The minimum atomic E-state index is -0.263. The van der Waals surface area contributed by atoms with E-state index in [9.17, 15) is 9.65 Å². The van der Waals surface area contributed by atoms with Gasteiger partial charge in [-0.3, -0.25) is 0 Å². The largest absolute Gasteiger partial charge is 0.367 e. The molecule has 114 valence electrons. The summed E-state index contributed by atoms with van der Waals surface area (Å²) in [6.07, 6.45) is 0. The van der Waals surface area contributed by atoms with Crippen LogP contribution in [0.2, 0.25) is 0 Å². The molecule has 23 heavy (non-hydrogen) atoms. The summed E-state index contributed by atoms with van der Waals surface area (Å²) < 4.78 is 13.0. The minimum absolute atomic E-state index is 0.263. The van der Waals surface area contributed by atoms with Crippen molar-refractivity contribution in [3.8, 4) is 6.07 Å². The van der Waals surface area contributed by atoms with Crippen LogP contribution >= 0.6 is 0 Å². The quantitative estimate of drug-likeness (QED) is 0.742. The molecule has 4 nitrogen and oxygen atoms in total. The van der Waals surface area contributed by atoms with Gasteiger partial charge in [0.15, 0.2) is 5.69 Å². The summed E-state index contributed by atoms with van der Waals surface area (Å²) in [7, 11) is 1.89. The lowest BCUT2D eigenvalue weighted by Crippen LogP contribution is -2.19. The van der Waals surface area contributed by atoms with E-state index in [1.54, 1.807) is 12.1 Å². The van der Waals surface area contributed by atoms with Gasteiger partial charge in [-0.05, 0) is 36.8 Å². The number of nitriles is 1. The van der Waals surface area contributed by atoms with E-state index in [-0.39, 0.29) is 11.5 Å². The average Bonchev–Trinajstić information content (AvgIpc) is 2.55. The Morgan fingerprint density at radius 3 is 2.57 bits per heavy atom. The Morgan fingerprint density at radius 2 is 1.87 bits per heavy atom. The number of hydrogen-bond acceptors (Lipinski definition) is 4. The van der Waals surface area contributed by atoms with Gasteiger partial charge in [-0.25, -0.2) is 4.39 Å². The third kappa shape index (κ3) is 2.97. The highest BCUT2D eigenvalue weighted by Crippen LogP contribution is 2.29. The summed E-state index contributed by atoms with van der Waals surface area (Å²) in [4.78, 5) is 1.95. The SMILES string of the molecule is Cc1ccc2nnc(C#N)c(N(C)Cc3ccc(F)cc3)c2c1. The van der Waals surface area contributed by atoms with Crippen LogP contribution in [0.1, 0.15) is 16.8 Å². The number of anilines is 1. The maximum absolute atomic E-state index is 13.0. The molecule has 3 rings (SSSR count). The topological polar surface area (TPSA) is 52.8 Å². The number of halogens is 1. The Balaban J connectivity index is 2.08. The highest BCUT2D eigenvalue weighted by Gasteiger charge is 2.15. The molecular weight excluding hydrogens is 291 g/mol. The summed E-state index contributed by atoms with van der Waals surface area (Å²) >= 11 is 0. The summed E-state index contributed by atoms with van der Waals surface area (Å²) in [5, 5.41) is 18.4. The second-order valence-corrected chi connectivity index (χ2v) is 5.51. The molecule has 1 heterocycles. The Morgan fingerprint density at radius 1 is 1.13 bits per heavy atom. The van der Waals surface area contributed by atoms with Crippen LogP contribution in [-0.4, -0.2) is 17.2 Å². The highest BCUT2D eigenvalue weighted by atomic mass is 19.1. The van der Waals surface area contributed by atoms with Crippen LogP contribution in [0.25, 0.3) is 10.9 Å². The van der Waals surface area contributed by atoms with Gasteiger partial charge in [0.2, 0.25) is 0 Å². The Bertz CT molecular complexity index is 897. The number of nitrogens with zero attached hydrogens (tertiary/aromatic N) is 4. The fourth-order valence-electron chi connectivity index (χ4n) is 2.61. The minimum Gasteiger partial charge on any atom is -0.367 e. The van der Waals surface area contributed by atoms with Crippen LogP contribution in [-0.2, 0) is 6.54 Å². The van der Waals surface area contributed by atoms with Crippen molar-refractivity contribution in [2.24, 2.45) is 0 Å². The van der Waals surface area contributed by atoms with Crippen LogP contribution in [0.5, 0.6) is 0 Å². The molecule has 0 N–H and O–H groups in total. The zero-order valence-corrected chi connectivity index (χ0v) is 12.9. The number of aromatic nitrogens is 2. The van der Waals surface area contributed by atoms with Crippen molar-refractivity contribution in [1.82, 2.24) is 10.2 Å². The van der Waals surface area contributed by atoms with Crippen molar-refractivity contribution < 1.29 is 4.39 Å². The van der Waals surface area contributed by atoms with E-state index >= 15 is 0 Å².